The van der Waals surface area contributed by atoms with Crippen LogP contribution in [0.25, 0.3) is 0 Å². The summed E-state index contributed by atoms with van der Waals surface area (Å²) in [5.74, 6) is 1.75. The van der Waals surface area contributed by atoms with E-state index in [0.29, 0.717) is 23.0 Å². The first-order valence-corrected chi connectivity index (χ1v) is 7.73. The van der Waals surface area contributed by atoms with Crippen molar-refractivity contribution in [2.75, 3.05) is 18.6 Å². The summed E-state index contributed by atoms with van der Waals surface area (Å²) < 4.78 is 29.0. The van der Waals surface area contributed by atoms with Gasteiger partial charge in [0, 0.05) is 17.1 Å². The highest BCUT2D eigenvalue weighted by atomic mass is 35.5. The molecule has 0 saturated carbocycles. The molecule has 1 N–H and O–H groups in total. The van der Waals surface area contributed by atoms with E-state index in [-0.39, 0.29) is 5.75 Å². The Kier molecular flexibility index (Phi) is 7.49. The molecular formula is C13H18ClF2NOS. The van der Waals surface area contributed by atoms with Crippen molar-refractivity contribution < 1.29 is 13.5 Å². The summed E-state index contributed by atoms with van der Waals surface area (Å²) in [6.07, 6.45) is 2.06. The van der Waals surface area contributed by atoms with Crippen LogP contribution in [0.1, 0.15) is 12.5 Å². The largest absolute Gasteiger partial charge is 0.434 e. The van der Waals surface area contributed by atoms with Gasteiger partial charge in [0.2, 0.25) is 0 Å². The molecule has 0 spiro atoms. The first kappa shape index (κ1) is 16.5. The molecule has 0 fully saturated rings. The second-order valence-electron chi connectivity index (χ2n) is 4.32. The number of hydrogen-bond acceptors (Lipinski definition) is 3. The van der Waals surface area contributed by atoms with Crippen molar-refractivity contribution in [2.24, 2.45) is 5.92 Å². The lowest BCUT2D eigenvalue weighted by atomic mass is 10.2. The van der Waals surface area contributed by atoms with E-state index in [1.807, 2.05) is 0 Å². The van der Waals surface area contributed by atoms with Gasteiger partial charge < -0.3 is 10.1 Å². The summed E-state index contributed by atoms with van der Waals surface area (Å²) in [7, 11) is 0. The monoisotopic (exact) mass is 309 g/mol. The van der Waals surface area contributed by atoms with Crippen LogP contribution in [0.15, 0.2) is 18.2 Å². The van der Waals surface area contributed by atoms with Crippen LogP contribution in [0.2, 0.25) is 5.02 Å². The third kappa shape index (κ3) is 6.45. The number of halogens is 3. The van der Waals surface area contributed by atoms with E-state index in [0.717, 1.165) is 12.3 Å². The Balaban J connectivity index is 2.57. The molecule has 0 aliphatic rings. The quantitative estimate of drug-likeness (QED) is 0.783. The van der Waals surface area contributed by atoms with Crippen LogP contribution < -0.4 is 10.1 Å². The van der Waals surface area contributed by atoms with Gasteiger partial charge in [0.15, 0.2) is 0 Å². The molecule has 1 unspecified atom stereocenters. The Bertz CT molecular complexity index is 393. The lowest BCUT2D eigenvalue weighted by Crippen LogP contribution is -2.22. The number of benzene rings is 1. The number of nitrogens with one attached hydrogen (secondary N) is 1. The molecule has 0 amide bonds. The molecular weight excluding hydrogens is 292 g/mol. The molecule has 0 aliphatic carbocycles. The minimum absolute atomic E-state index is 0.171. The first-order chi connectivity index (χ1) is 9.02. The number of alkyl halides is 2. The minimum atomic E-state index is -2.82. The average molecular weight is 310 g/mol. The average Bonchev–Trinajstić information content (AvgIpc) is 2.32. The molecule has 0 saturated heterocycles. The van der Waals surface area contributed by atoms with Crippen LogP contribution in [0, 0.1) is 5.92 Å². The zero-order chi connectivity index (χ0) is 14.3. The van der Waals surface area contributed by atoms with Gasteiger partial charge in [-0.3, -0.25) is 0 Å². The molecule has 108 valence electrons. The van der Waals surface area contributed by atoms with Crippen molar-refractivity contribution in [3.8, 4) is 5.75 Å². The maximum absolute atomic E-state index is 12.3. The van der Waals surface area contributed by atoms with Gasteiger partial charge in [-0.2, -0.15) is 20.5 Å². The number of hydrogen-bond donors (Lipinski definition) is 1. The van der Waals surface area contributed by atoms with E-state index in [4.69, 9.17) is 11.6 Å². The summed E-state index contributed by atoms with van der Waals surface area (Å²) in [5, 5.41) is 3.74. The predicted octanol–water partition coefficient (Wildman–Crippen LogP) is 4.03. The van der Waals surface area contributed by atoms with Gasteiger partial charge >= 0.3 is 6.61 Å². The second kappa shape index (κ2) is 8.61. The van der Waals surface area contributed by atoms with Gasteiger partial charge in [-0.25, -0.2) is 0 Å². The molecule has 2 nitrogen and oxygen atoms in total. The van der Waals surface area contributed by atoms with Crippen LogP contribution in [-0.2, 0) is 6.54 Å². The minimum Gasteiger partial charge on any atom is -0.434 e. The van der Waals surface area contributed by atoms with E-state index in [9.17, 15) is 8.78 Å². The fourth-order valence-electron chi connectivity index (χ4n) is 1.69. The van der Waals surface area contributed by atoms with E-state index in [1.54, 1.807) is 23.9 Å². The van der Waals surface area contributed by atoms with Gasteiger partial charge in [-0.15, -0.1) is 0 Å². The summed E-state index contributed by atoms with van der Waals surface area (Å²) in [6.45, 7) is 0.594. The van der Waals surface area contributed by atoms with Crippen molar-refractivity contribution in [1.29, 1.82) is 0 Å². The van der Waals surface area contributed by atoms with E-state index in [2.05, 4.69) is 23.2 Å². The van der Waals surface area contributed by atoms with Crippen LogP contribution in [0.3, 0.4) is 0 Å². The lowest BCUT2D eigenvalue weighted by Gasteiger charge is -2.14. The van der Waals surface area contributed by atoms with E-state index < -0.39 is 6.61 Å². The zero-order valence-electron chi connectivity index (χ0n) is 11.0. The van der Waals surface area contributed by atoms with E-state index >= 15 is 0 Å². The number of rotatable bonds is 8. The molecule has 1 atom stereocenters. The van der Waals surface area contributed by atoms with Crippen molar-refractivity contribution in [2.45, 2.75) is 20.1 Å². The molecule has 19 heavy (non-hydrogen) atoms. The molecule has 6 heteroatoms. The SMILES string of the molecule is CSCC(C)CNCc1cc(Cl)ccc1OC(F)F. The predicted molar refractivity (Wildman–Crippen MR) is 77.3 cm³/mol. The third-order valence-electron chi connectivity index (χ3n) is 2.50. The Morgan fingerprint density at radius 2 is 2.16 bits per heavy atom. The first-order valence-electron chi connectivity index (χ1n) is 5.95. The van der Waals surface area contributed by atoms with Gasteiger partial charge in [0.05, 0.1) is 0 Å². The Morgan fingerprint density at radius 3 is 2.79 bits per heavy atom. The molecule has 1 aromatic carbocycles. The molecule has 0 aliphatic heterocycles. The van der Waals surface area contributed by atoms with Crippen molar-refractivity contribution >= 4 is 23.4 Å². The van der Waals surface area contributed by atoms with Crippen LogP contribution in [-0.4, -0.2) is 25.2 Å². The molecule has 1 aromatic rings. The molecule has 0 bridgehead atoms. The maximum atomic E-state index is 12.3. The maximum Gasteiger partial charge on any atom is 0.387 e. The van der Waals surface area contributed by atoms with Crippen LogP contribution >= 0.6 is 23.4 Å². The van der Waals surface area contributed by atoms with Crippen molar-refractivity contribution in [1.82, 2.24) is 5.32 Å². The highest BCUT2D eigenvalue weighted by molar-refractivity contribution is 7.98. The summed E-state index contributed by atoms with van der Waals surface area (Å²) in [4.78, 5) is 0. The van der Waals surface area contributed by atoms with E-state index in [1.165, 1.54) is 6.07 Å². The molecule has 1 rings (SSSR count). The summed E-state index contributed by atoms with van der Waals surface area (Å²) >= 11 is 7.66. The van der Waals surface area contributed by atoms with Gasteiger partial charge in [0.1, 0.15) is 5.75 Å². The fraction of sp³-hybridized carbons (Fsp3) is 0.538. The Labute approximate surface area is 121 Å². The number of thioether (sulfide) groups is 1. The summed E-state index contributed by atoms with van der Waals surface area (Å²) in [6, 6.07) is 4.65. The highest BCUT2D eigenvalue weighted by Gasteiger charge is 2.10. The Hall–Kier alpha value is -0.520. The molecule has 0 aromatic heterocycles. The Morgan fingerprint density at radius 1 is 1.42 bits per heavy atom. The third-order valence-corrected chi connectivity index (χ3v) is 3.64. The number of ether oxygens (including phenoxy) is 1. The van der Waals surface area contributed by atoms with Crippen LogP contribution in [0.4, 0.5) is 8.78 Å². The van der Waals surface area contributed by atoms with Crippen LogP contribution in [0.5, 0.6) is 5.75 Å². The fourth-order valence-corrected chi connectivity index (χ4v) is 2.58. The van der Waals surface area contributed by atoms with Gasteiger partial charge in [0.25, 0.3) is 0 Å². The summed E-state index contributed by atoms with van der Waals surface area (Å²) in [5.41, 5.74) is 0.643. The van der Waals surface area contributed by atoms with Crippen molar-refractivity contribution in [3.63, 3.8) is 0 Å². The highest BCUT2D eigenvalue weighted by Crippen LogP contribution is 2.24. The molecule has 0 radical (unpaired) electrons. The molecule has 0 heterocycles. The van der Waals surface area contributed by atoms with Crippen molar-refractivity contribution in [3.05, 3.63) is 28.8 Å². The van der Waals surface area contributed by atoms with Gasteiger partial charge in [-0.05, 0) is 42.7 Å². The topological polar surface area (TPSA) is 21.3 Å². The smallest absolute Gasteiger partial charge is 0.387 e. The van der Waals surface area contributed by atoms with Gasteiger partial charge in [-0.1, -0.05) is 18.5 Å². The zero-order valence-corrected chi connectivity index (χ0v) is 12.5. The standard InChI is InChI=1S/C13H18ClF2NOS/c1-9(8-19-2)6-17-7-10-5-11(14)3-4-12(10)18-13(15)16/h3-5,9,13,17H,6-8H2,1-2H3. The lowest BCUT2D eigenvalue weighted by molar-refractivity contribution is -0.0505. The normalized spacial score (nSPS) is 12.7. The second-order valence-corrected chi connectivity index (χ2v) is 5.67.